The smallest absolute Gasteiger partial charge is 0.309 e. The second-order valence-electron chi connectivity index (χ2n) is 9.09. The number of halogens is 2. The highest BCUT2D eigenvalue weighted by molar-refractivity contribution is 6.04. The lowest BCUT2D eigenvalue weighted by molar-refractivity contribution is -0.132. The van der Waals surface area contributed by atoms with Crippen molar-refractivity contribution in [2.45, 2.75) is 6.92 Å². The maximum absolute atomic E-state index is 14.1. The molecule has 1 N–H and O–H groups in total. The summed E-state index contributed by atoms with van der Waals surface area (Å²) in [7, 11) is 3.04. The van der Waals surface area contributed by atoms with Crippen molar-refractivity contribution in [2.24, 2.45) is 0 Å². The Labute approximate surface area is 240 Å². The van der Waals surface area contributed by atoms with Crippen LogP contribution in [0, 0.1) is 11.6 Å². The molecule has 0 saturated carbocycles. The molecule has 5 aromatic rings. The molecule has 42 heavy (non-hydrogen) atoms. The zero-order chi connectivity index (χ0) is 29.8. The van der Waals surface area contributed by atoms with Crippen molar-refractivity contribution in [1.82, 2.24) is 9.78 Å². The van der Waals surface area contributed by atoms with Crippen molar-refractivity contribution in [1.29, 1.82) is 0 Å². The van der Waals surface area contributed by atoms with E-state index in [0.717, 1.165) is 0 Å². The fraction of sp³-hybridized carbons (Fsp3) is 0.0938. The Hall–Kier alpha value is -5.51. The van der Waals surface area contributed by atoms with Crippen LogP contribution in [0.5, 0.6) is 17.4 Å². The van der Waals surface area contributed by atoms with Gasteiger partial charge in [0.2, 0.25) is 5.88 Å². The molecule has 0 fully saturated rings. The number of aromatic nitrogens is 2. The quantitative estimate of drug-likeness (QED) is 0.210. The van der Waals surface area contributed by atoms with Crippen molar-refractivity contribution < 1.29 is 32.6 Å². The van der Waals surface area contributed by atoms with Gasteiger partial charge in [0.1, 0.15) is 17.3 Å². The highest BCUT2D eigenvalue weighted by atomic mass is 19.1. The van der Waals surface area contributed by atoms with Crippen molar-refractivity contribution in [3.05, 3.63) is 108 Å². The summed E-state index contributed by atoms with van der Waals surface area (Å²) in [6.45, 7) is 1.27. The molecule has 0 saturated heterocycles. The number of nitrogens with zero attached hydrogens (tertiary/aromatic N) is 2. The molecule has 8 nitrogen and oxygen atoms in total. The van der Waals surface area contributed by atoms with E-state index in [2.05, 4.69) is 5.32 Å². The zero-order valence-corrected chi connectivity index (χ0v) is 22.9. The molecule has 1 amide bonds. The van der Waals surface area contributed by atoms with Gasteiger partial charge in [-0.1, -0.05) is 24.3 Å². The minimum atomic E-state index is -0.634. The lowest BCUT2D eigenvalue weighted by Crippen LogP contribution is -2.13. The minimum absolute atomic E-state index is 0.0879. The highest BCUT2D eigenvalue weighted by Gasteiger charge is 2.25. The Kier molecular flexibility index (Phi) is 7.96. The third-order valence-corrected chi connectivity index (χ3v) is 6.36. The largest absolute Gasteiger partial charge is 0.493 e. The van der Waals surface area contributed by atoms with Crippen LogP contribution in [-0.2, 0) is 4.79 Å². The number of ether oxygens (including phenoxy) is 3. The van der Waals surface area contributed by atoms with Gasteiger partial charge in [-0.2, -0.15) is 9.78 Å². The van der Waals surface area contributed by atoms with E-state index in [9.17, 15) is 18.4 Å². The Morgan fingerprint density at radius 3 is 2.12 bits per heavy atom. The normalized spacial score (nSPS) is 10.7. The van der Waals surface area contributed by atoms with E-state index >= 15 is 0 Å². The number of hydrogen-bond donors (Lipinski definition) is 1. The summed E-state index contributed by atoms with van der Waals surface area (Å²) in [5.41, 5.74) is 2.87. The van der Waals surface area contributed by atoms with Crippen LogP contribution < -0.4 is 19.5 Å². The van der Waals surface area contributed by atoms with Gasteiger partial charge in [-0.05, 0) is 72.3 Å². The molecule has 5 rings (SSSR count). The summed E-state index contributed by atoms with van der Waals surface area (Å²) < 4.78 is 45.8. The summed E-state index contributed by atoms with van der Waals surface area (Å²) in [6, 6.07) is 23.2. The molecule has 0 unspecified atom stereocenters. The van der Waals surface area contributed by atoms with Crippen LogP contribution in [0.15, 0.2) is 91.0 Å². The van der Waals surface area contributed by atoms with Crippen LogP contribution in [0.4, 0.5) is 14.5 Å². The third kappa shape index (κ3) is 5.68. The van der Waals surface area contributed by atoms with E-state index in [-0.39, 0.29) is 11.4 Å². The molecular formula is C32H25F2N3O5. The second kappa shape index (κ2) is 11.9. The third-order valence-electron chi connectivity index (χ3n) is 6.36. The Bertz CT molecular complexity index is 1770. The van der Waals surface area contributed by atoms with Crippen molar-refractivity contribution in [3.8, 4) is 45.5 Å². The Morgan fingerprint density at radius 1 is 0.810 bits per heavy atom. The lowest BCUT2D eigenvalue weighted by atomic mass is 10.0. The minimum Gasteiger partial charge on any atom is -0.493 e. The number of methoxy groups -OCH3 is 2. The molecule has 4 aromatic carbocycles. The van der Waals surface area contributed by atoms with Crippen LogP contribution in [-0.4, -0.2) is 35.9 Å². The number of rotatable bonds is 8. The number of benzene rings is 4. The van der Waals surface area contributed by atoms with Gasteiger partial charge < -0.3 is 19.5 Å². The SMILES string of the molecule is COc1ccc(-c2nn(-c3ccc(F)cc3)c(OC(C)=O)c2-c2ccc(NC(=O)c3ccccc3F)cc2)cc1OC. The molecule has 10 heteroatoms. The Balaban J connectivity index is 1.64. The summed E-state index contributed by atoms with van der Waals surface area (Å²) in [5.74, 6) is -1.20. The number of carbonyl (C=O) groups is 2. The van der Waals surface area contributed by atoms with Crippen LogP contribution in [0.25, 0.3) is 28.1 Å². The van der Waals surface area contributed by atoms with Gasteiger partial charge in [0, 0.05) is 18.2 Å². The summed E-state index contributed by atoms with van der Waals surface area (Å²) in [4.78, 5) is 24.9. The van der Waals surface area contributed by atoms with Gasteiger partial charge in [-0.3, -0.25) is 9.59 Å². The van der Waals surface area contributed by atoms with E-state index in [0.29, 0.717) is 45.3 Å². The molecule has 1 heterocycles. The molecule has 0 aliphatic heterocycles. The van der Waals surface area contributed by atoms with Crippen molar-refractivity contribution >= 4 is 17.6 Å². The summed E-state index contributed by atoms with van der Waals surface area (Å²) in [5, 5.41) is 7.45. The molecule has 1 aromatic heterocycles. The van der Waals surface area contributed by atoms with E-state index in [1.807, 2.05) is 0 Å². The number of nitrogens with one attached hydrogen (secondary N) is 1. The van der Waals surface area contributed by atoms with Crippen LogP contribution in [0.1, 0.15) is 17.3 Å². The molecular weight excluding hydrogens is 544 g/mol. The predicted molar refractivity (Wildman–Crippen MR) is 153 cm³/mol. The van der Waals surface area contributed by atoms with Gasteiger partial charge in [0.15, 0.2) is 11.5 Å². The topological polar surface area (TPSA) is 91.7 Å². The number of carbonyl (C=O) groups excluding carboxylic acids is 2. The number of hydrogen-bond acceptors (Lipinski definition) is 6. The predicted octanol–water partition coefficient (Wildman–Crippen LogP) is 6.68. The maximum Gasteiger partial charge on any atom is 0.309 e. The van der Waals surface area contributed by atoms with Gasteiger partial charge in [0.05, 0.1) is 31.0 Å². The monoisotopic (exact) mass is 569 g/mol. The van der Waals surface area contributed by atoms with Crippen LogP contribution in [0.2, 0.25) is 0 Å². The van der Waals surface area contributed by atoms with Gasteiger partial charge in [0.25, 0.3) is 5.91 Å². The average Bonchev–Trinajstić information content (AvgIpc) is 3.36. The van der Waals surface area contributed by atoms with E-state index in [4.69, 9.17) is 19.3 Å². The van der Waals surface area contributed by atoms with Gasteiger partial charge in [-0.15, -0.1) is 0 Å². The first-order chi connectivity index (χ1) is 20.3. The van der Waals surface area contributed by atoms with E-state index in [1.165, 1.54) is 68.3 Å². The maximum atomic E-state index is 14.1. The highest BCUT2D eigenvalue weighted by Crippen LogP contribution is 2.43. The van der Waals surface area contributed by atoms with E-state index in [1.54, 1.807) is 48.5 Å². The zero-order valence-electron chi connectivity index (χ0n) is 22.9. The standard InChI is InChI=1S/C32H25F2N3O5/c1-19(38)42-32-29(20-8-13-23(14-9-20)35-31(39)25-6-4-5-7-26(25)34)30(21-10-17-27(40-2)28(18-21)41-3)36-37(32)24-15-11-22(33)12-16-24/h4-18H,1-3H3,(H,35,39). The fourth-order valence-corrected chi connectivity index (χ4v) is 4.40. The first-order valence-electron chi connectivity index (χ1n) is 12.7. The van der Waals surface area contributed by atoms with Crippen LogP contribution >= 0.6 is 0 Å². The molecule has 212 valence electrons. The summed E-state index contributed by atoms with van der Waals surface area (Å²) >= 11 is 0. The number of amides is 1. The molecule has 0 bridgehead atoms. The molecule has 0 atom stereocenters. The van der Waals surface area contributed by atoms with Gasteiger partial charge in [-0.25, -0.2) is 8.78 Å². The number of anilines is 1. The van der Waals surface area contributed by atoms with Crippen LogP contribution in [0.3, 0.4) is 0 Å². The molecule has 0 spiro atoms. The number of esters is 1. The Morgan fingerprint density at radius 2 is 1.48 bits per heavy atom. The van der Waals surface area contributed by atoms with Gasteiger partial charge >= 0.3 is 5.97 Å². The van der Waals surface area contributed by atoms with Crippen molar-refractivity contribution in [3.63, 3.8) is 0 Å². The summed E-state index contributed by atoms with van der Waals surface area (Å²) in [6.07, 6.45) is 0. The first-order valence-corrected chi connectivity index (χ1v) is 12.7. The molecule has 0 radical (unpaired) electrons. The molecule has 0 aliphatic rings. The first kappa shape index (κ1) is 28.0. The lowest BCUT2D eigenvalue weighted by Gasteiger charge is -2.11. The molecule has 0 aliphatic carbocycles. The van der Waals surface area contributed by atoms with Crippen molar-refractivity contribution in [2.75, 3.05) is 19.5 Å². The average molecular weight is 570 g/mol. The van der Waals surface area contributed by atoms with E-state index < -0.39 is 23.5 Å². The fourth-order valence-electron chi connectivity index (χ4n) is 4.40. The second-order valence-corrected chi connectivity index (χ2v) is 9.09.